The second-order valence-corrected chi connectivity index (χ2v) is 4.96. The standard InChI is InChI=1S/C16H23NO3/c1-3-19-11-12-20-13(2)16(18)17-10-9-15(17)14-7-5-4-6-8-14/h4-8,13,15H,3,9-12H2,1-2H3/t13-,15+/m0/s1. The average Bonchev–Trinajstić information content (AvgIpc) is 2.43. The predicted octanol–water partition coefficient (Wildman–Crippen LogP) is 2.40. The highest BCUT2D eigenvalue weighted by Gasteiger charge is 2.35. The van der Waals surface area contributed by atoms with Crippen LogP contribution in [0.3, 0.4) is 0 Å². The van der Waals surface area contributed by atoms with Crippen LogP contribution in [0.15, 0.2) is 30.3 Å². The fourth-order valence-corrected chi connectivity index (χ4v) is 2.41. The van der Waals surface area contributed by atoms with Crippen molar-refractivity contribution in [1.82, 2.24) is 4.90 Å². The smallest absolute Gasteiger partial charge is 0.251 e. The van der Waals surface area contributed by atoms with Gasteiger partial charge in [0, 0.05) is 13.2 Å². The summed E-state index contributed by atoms with van der Waals surface area (Å²) in [4.78, 5) is 14.2. The fourth-order valence-electron chi connectivity index (χ4n) is 2.41. The van der Waals surface area contributed by atoms with Crippen LogP contribution in [0.25, 0.3) is 0 Å². The summed E-state index contributed by atoms with van der Waals surface area (Å²) < 4.78 is 10.7. The SMILES string of the molecule is CCOCCO[C@@H](C)C(=O)N1CC[C@@H]1c1ccccc1. The highest BCUT2D eigenvalue weighted by molar-refractivity contribution is 5.81. The molecule has 1 aromatic rings. The molecule has 2 atom stereocenters. The third-order valence-corrected chi connectivity index (χ3v) is 3.63. The van der Waals surface area contributed by atoms with Gasteiger partial charge in [-0.05, 0) is 25.8 Å². The van der Waals surface area contributed by atoms with Gasteiger partial charge in [-0.25, -0.2) is 0 Å². The molecule has 4 nitrogen and oxygen atoms in total. The summed E-state index contributed by atoms with van der Waals surface area (Å²) in [5, 5.41) is 0. The van der Waals surface area contributed by atoms with Crippen LogP contribution in [0.5, 0.6) is 0 Å². The molecule has 1 saturated heterocycles. The number of benzene rings is 1. The van der Waals surface area contributed by atoms with Crippen molar-refractivity contribution in [3.63, 3.8) is 0 Å². The van der Waals surface area contributed by atoms with E-state index >= 15 is 0 Å². The summed E-state index contributed by atoms with van der Waals surface area (Å²) in [6, 6.07) is 10.4. The first-order valence-corrected chi connectivity index (χ1v) is 7.28. The van der Waals surface area contributed by atoms with E-state index in [0.29, 0.717) is 19.8 Å². The van der Waals surface area contributed by atoms with Gasteiger partial charge < -0.3 is 14.4 Å². The van der Waals surface area contributed by atoms with E-state index in [-0.39, 0.29) is 11.9 Å². The summed E-state index contributed by atoms with van der Waals surface area (Å²) >= 11 is 0. The molecule has 1 aliphatic heterocycles. The zero-order valence-corrected chi connectivity index (χ0v) is 12.2. The van der Waals surface area contributed by atoms with Crippen LogP contribution in [0.2, 0.25) is 0 Å². The number of nitrogens with zero attached hydrogens (tertiary/aromatic N) is 1. The van der Waals surface area contributed by atoms with Crippen LogP contribution >= 0.6 is 0 Å². The largest absolute Gasteiger partial charge is 0.379 e. The molecule has 1 heterocycles. The molecule has 1 fully saturated rings. The van der Waals surface area contributed by atoms with Crippen LogP contribution < -0.4 is 0 Å². The van der Waals surface area contributed by atoms with E-state index in [9.17, 15) is 4.79 Å². The highest BCUT2D eigenvalue weighted by atomic mass is 16.5. The van der Waals surface area contributed by atoms with Crippen molar-refractivity contribution in [2.45, 2.75) is 32.4 Å². The first-order valence-electron chi connectivity index (χ1n) is 7.28. The van der Waals surface area contributed by atoms with Gasteiger partial charge in [-0.1, -0.05) is 30.3 Å². The van der Waals surface area contributed by atoms with E-state index in [2.05, 4.69) is 12.1 Å². The lowest BCUT2D eigenvalue weighted by molar-refractivity contribution is -0.151. The zero-order valence-electron chi connectivity index (χ0n) is 12.2. The minimum Gasteiger partial charge on any atom is -0.379 e. The Morgan fingerprint density at radius 2 is 2.10 bits per heavy atom. The summed E-state index contributed by atoms with van der Waals surface area (Å²) in [6.07, 6.45) is 0.628. The topological polar surface area (TPSA) is 38.8 Å². The van der Waals surface area contributed by atoms with Gasteiger partial charge in [0.2, 0.25) is 0 Å². The second kappa shape index (κ2) is 7.41. The molecule has 0 N–H and O–H groups in total. The Hall–Kier alpha value is -1.39. The predicted molar refractivity (Wildman–Crippen MR) is 77.4 cm³/mol. The zero-order chi connectivity index (χ0) is 14.4. The molecule has 1 aromatic carbocycles. The maximum absolute atomic E-state index is 12.3. The third-order valence-electron chi connectivity index (χ3n) is 3.63. The maximum atomic E-state index is 12.3. The Balaban J connectivity index is 1.83. The molecule has 1 aliphatic rings. The minimum atomic E-state index is -0.401. The molecule has 0 aromatic heterocycles. The van der Waals surface area contributed by atoms with Crippen LogP contribution in [0, 0.1) is 0 Å². The average molecular weight is 277 g/mol. The van der Waals surface area contributed by atoms with Gasteiger partial charge in [0.25, 0.3) is 5.91 Å². The molecule has 0 bridgehead atoms. The van der Waals surface area contributed by atoms with Crippen molar-refractivity contribution < 1.29 is 14.3 Å². The number of carbonyl (C=O) groups excluding carboxylic acids is 1. The normalized spacial score (nSPS) is 19.5. The number of hydrogen-bond donors (Lipinski definition) is 0. The van der Waals surface area contributed by atoms with Gasteiger partial charge in [-0.2, -0.15) is 0 Å². The van der Waals surface area contributed by atoms with Crippen molar-refractivity contribution in [2.75, 3.05) is 26.4 Å². The lowest BCUT2D eigenvalue weighted by atomic mass is 9.94. The van der Waals surface area contributed by atoms with E-state index in [4.69, 9.17) is 9.47 Å². The van der Waals surface area contributed by atoms with Crippen LogP contribution in [-0.4, -0.2) is 43.3 Å². The Bertz CT molecular complexity index is 421. The Labute approximate surface area is 120 Å². The van der Waals surface area contributed by atoms with E-state index < -0.39 is 6.10 Å². The number of likely N-dealkylation sites (tertiary alicyclic amines) is 1. The van der Waals surface area contributed by atoms with Crippen molar-refractivity contribution in [3.8, 4) is 0 Å². The van der Waals surface area contributed by atoms with Crippen LogP contribution in [0.1, 0.15) is 31.9 Å². The van der Waals surface area contributed by atoms with Crippen molar-refractivity contribution in [1.29, 1.82) is 0 Å². The van der Waals surface area contributed by atoms with Crippen molar-refractivity contribution in [3.05, 3.63) is 35.9 Å². The lowest BCUT2D eigenvalue weighted by Crippen LogP contribution is -2.49. The second-order valence-electron chi connectivity index (χ2n) is 4.96. The molecule has 0 unspecified atom stereocenters. The lowest BCUT2D eigenvalue weighted by Gasteiger charge is -2.42. The number of carbonyl (C=O) groups is 1. The van der Waals surface area contributed by atoms with Crippen molar-refractivity contribution in [2.24, 2.45) is 0 Å². The van der Waals surface area contributed by atoms with Gasteiger partial charge in [0.1, 0.15) is 6.10 Å². The summed E-state index contributed by atoms with van der Waals surface area (Å²) in [5.41, 5.74) is 1.20. The Morgan fingerprint density at radius 1 is 1.35 bits per heavy atom. The Kier molecular flexibility index (Phi) is 5.56. The fraction of sp³-hybridized carbons (Fsp3) is 0.562. The highest BCUT2D eigenvalue weighted by Crippen LogP contribution is 2.33. The number of amides is 1. The van der Waals surface area contributed by atoms with Gasteiger partial charge in [0.15, 0.2) is 0 Å². The van der Waals surface area contributed by atoms with Gasteiger partial charge >= 0.3 is 0 Å². The summed E-state index contributed by atoms with van der Waals surface area (Å²) in [7, 11) is 0. The molecular formula is C16H23NO3. The van der Waals surface area contributed by atoms with E-state index in [1.165, 1.54) is 5.56 Å². The molecule has 0 aliphatic carbocycles. The quantitative estimate of drug-likeness (QED) is 0.718. The number of hydrogen-bond acceptors (Lipinski definition) is 3. The van der Waals surface area contributed by atoms with Crippen LogP contribution in [-0.2, 0) is 14.3 Å². The van der Waals surface area contributed by atoms with Crippen LogP contribution in [0.4, 0.5) is 0 Å². The molecule has 2 rings (SSSR count). The van der Waals surface area contributed by atoms with Gasteiger partial charge in [0.05, 0.1) is 19.3 Å². The van der Waals surface area contributed by atoms with E-state index in [0.717, 1.165) is 13.0 Å². The molecule has 110 valence electrons. The number of rotatable bonds is 7. The maximum Gasteiger partial charge on any atom is 0.251 e. The molecular weight excluding hydrogens is 254 g/mol. The molecule has 0 spiro atoms. The van der Waals surface area contributed by atoms with Gasteiger partial charge in [-0.3, -0.25) is 4.79 Å². The Morgan fingerprint density at radius 3 is 2.70 bits per heavy atom. The van der Waals surface area contributed by atoms with E-state index in [1.807, 2.05) is 36.9 Å². The monoisotopic (exact) mass is 277 g/mol. The number of ether oxygens (including phenoxy) is 2. The molecule has 4 heteroatoms. The molecule has 1 amide bonds. The molecule has 20 heavy (non-hydrogen) atoms. The van der Waals surface area contributed by atoms with Gasteiger partial charge in [-0.15, -0.1) is 0 Å². The molecule has 0 radical (unpaired) electrons. The summed E-state index contributed by atoms with van der Waals surface area (Å²) in [5.74, 6) is 0.0709. The first-order chi connectivity index (χ1) is 9.74. The minimum absolute atomic E-state index is 0.0709. The third kappa shape index (κ3) is 3.58. The summed E-state index contributed by atoms with van der Waals surface area (Å²) in [6.45, 7) is 6.25. The van der Waals surface area contributed by atoms with Crippen molar-refractivity contribution >= 4 is 5.91 Å². The van der Waals surface area contributed by atoms with E-state index in [1.54, 1.807) is 0 Å². The molecule has 0 saturated carbocycles. The first kappa shape index (κ1) is 15.0.